The number of aromatic nitrogens is 3. The monoisotopic (exact) mass is 395 g/mol. The lowest BCUT2D eigenvalue weighted by atomic mass is 10.1. The van der Waals surface area contributed by atoms with E-state index in [9.17, 15) is 9.59 Å². The number of H-pyrrole nitrogens is 1. The molecule has 8 heteroatoms. The Kier molecular flexibility index (Phi) is 5.08. The van der Waals surface area contributed by atoms with Gasteiger partial charge in [-0.15, -0.1) is 5.10 Å². The lowest BCUT2D eigenvalue weighted by Crippen LogP contribution is -2.43. The van der Waals surface area contributed by atoms with E-state index in [1.165, 1.54) is 0 Å². The largest absolute Gasteiger partial charge is 0.337 e. The van der Waals surface area contributed by atoms with Crippen LogP contribution in [0.2, 0.25) is 5.02 Å². The van der Waals surface area contributed by atoms with Gasteiger partial charge in [0, 0.05) is 17.1 Å². The third kappa shape index (κ3) is 4.04. The van der Waals surface area contributed by atoms with Crippen molar-refractivity contribution in [1.29, 1.82) is 0 Å². The van der Waals surface area contributed by atoms with Gasteiger partial charge in [0.15, 0.2) is 0 Å². The van der Waals surface area contributed by atoms with Gasteiger partial charge in [0.2, 0.25) is 11.7 Å². The van der Waals surface area contributed by atoms with Crippen LogP contribution in [0.1, 0.15) is 34.0 Å². The third-order valence-corrected chi connectivity index (χ3v) is 4.83. The molecule has 142 valence electrons. The maximum Gasteiger partial charge on any atom is 0.291 e. The maximum absolute atomic E-state index is 12.5. The summed E-state index contributed by atoms with van der Waals surface area (Å²) >= 11 is 6.02. The summed E-state index contributed by atoms with van der Waals surface area (Å²) in [6.45, 7) is 0. The number of aromatic amines is 1. The Morgan fingerprint density at radius 3 is 2.86 bits per heavy atom. The zero-order valence-electron chi connectivity index (χ0n) is 14.9. The molecule has 0 aliphatic carbocycles. The van der Waals surface area contributed by atoms with Crippen LogP contribution in [-0.4, -0.2) is 33.0 Å². The van der Waals surface area contributed by atoms with Crippen LogP contribution in [0.25, 0.3) is 0 Å². The molecule has 3 N–H and O–H groups in total. The van der Waals surface area contributed by atoms with Crippen molar-refractivity contribution in [3.63, 3.8) is 0 Å². The summed E-state index contributed by atoms with van der Waals surface area (Å²) in [4.78, 5) is 29.2. The molecule has 1 unspecified atom stereocenters. The minimum absolute atomic E-state index is 0.0172. The third-order valence-electron chi connectivity index (χ3n) is 4.60. The van der Waals surface area contributed by atoms with E-state index in [0.717, 1.165) is 11.1 Å². The smallest absolute Gasteiger partial charge is 0.291 e. The predicted octanol–water partition coefficient (Wildman–Crippen LogP) is 2.73. The number of hydrogen-bond acceptors (Lipinski definition) is 4. The number of nitrogens with one attached hydrogen (secondary N) is 3. The number of fused-ring (bicyclic) bond motifs is 1. The fraction of sp³-hybridized carbons (Fsp3) is 0.200. The number of halogens is 1. The first-order valence-corrected chi connectivity index (χ1v) is 9.31. The molecular formula is C20H18ClN5O2. The highest BCUT2D eigenvalue weighted by Gasteiger charge is 2.26. The van der Waals surface area contributed by atoms with Gasteiger partial charge in [-0.25, -0.2) is 4.98 Å². The fourth-order valence-corrected chi connectivity index (χ4v) is 3.36. The summed E-state index contributed by atoms with van der Waals surface area (Å²) in [5.41, 5.74) is 2.72. The highest BCUT2D eigenvalue weighted by atomic mass is 35.5. The summed E-state index contributed by atoms with van der Waals surface area (Å²) in [6, 6.07) is 14.4. The second-order valence-corrected chi connectivity index (χ2v) is 7.06. The number of carbonyl (C=O) groups is 2. The number of amides is 2. The first kappa shape index (κ1) is 18.2. The minimum atomic E-state index is -0.672. The zero-order valence-corrected chi connectivity index (χ0v) is 15.7. The molecule has 3 aromatic rings. The second-order valence-electron chi connectivity index (χ2n) is 6.62. The van der Waals surface area contributed by atoms with Crippen LogP contribution in [0.5, 0.6) is 0 Å². The number of nitrogens with zero attached hydrogens (tertiary/aromatic N) is 2. The summed E-state index contributed by atoms with van der Waals surface area (Å²) < 4.78 is 0. The Labute approximate surface area is 166 Å². The van der Waals surface area contributed by atoms with Crippen molar-refractivity contribution in [1.82, 2.24) is 20.5 Å². The zero-order chi connectivity index (χ0) is 19.5. The number of benzene rings is 2. The van der Waals surface area contributed by atoms with Crippen molar-refractivity contribution >= 4 is 29.1 Å². The number of rotatable bonds is 4. The molecule has 1 aliphatic heterocycles. The molecule has 1 aliphatic rings. The van der Waals surface area contributed by atoms with Crippen LogP contribution in [0.4, 0.5) is 5.69 Å². The van der Waals surface area contributed by atoms with E-state index < -0.39 is 11.9 Å². The van der Waals surface area contributed by atoms with E-state index in [4.69, 9.17) is 11.6 Å². The van der Waals surface area contributed by atoms with Gasteiger partial charge in [0.1, 0.15) is 11.9 Å². The minimum Gasteiger partial charge on any atom is -0.337 e. The molecule has 0 radical (unpaired) electrons. The normalized spacial score (nSPS) is 16.0. The van der Waals surface area contributed by atoms with Crippen LogP contribution >= 0.6 is 11.6 Å². The predicted molar refractivity (Wildman–Crippen MR) is 105 cm³/mol. The average molecular weight is 396 g/mol. The molecule has 28 heavy (non-hydrogen) atoms. The van der Waals surface area contributed by atoms with Gasteiger partial charge in [-0.3, -0.25) is 14.7 Å². The molecule has 2 aromatic carbocycles. The van der Waals surface area contributed by atoms with Crippen molar-refractivity contribution in [2.24, 2.45) is 0 Å². The molecular weight excluding hydrogens is 378 g/mol. The first-order valence-electron chi connectivity index (χ1n) is 8.94. The standard InChI is InChI=1S/C20H18ClN5O2/c21-14-7-9-15-13(11-14)6-8-16(19(27)22-15)23-20(28)18-24-17(25-26-18)10-12-4-2-1-3-5-12/h1-5,7,9,11,16H,6,8,10H2,(H,22,27)(H,23,28)(H,24,25,26). The average Bonchev–Trinajstić information content (AvgIpc) is 3.10. The Balaban J connectivity index is 1.42. The summed E-state index contributed by atoms with van der Waals surface area (Å²) in [6.07, 6.45) is 1.63. The van der Waals surface area contributed by atoms with E-state index in [-0.39, 0.29) is 11.7 Å². The summed E-state index contributed by atoms with van der Waals surface area (Å²) in [7, 11) is 0. The number of hydrogen-bond donors (Lipinski definition) is 3. The molecule has 1 aromatic heterocycles. The van der Waals surface area contributed by atoms with Gasteiger partial charge in [0.25, 0.3) is 5.91 Å². The van der Waals surface area contributed by atoms with Gasteiger partial charge in [-0.1, -0.05) is 41.9 Å². The molecule has 0 saturated carbocycles. The molecule has 0 saturated heterocycles. The van der Waals surface area contributed by atoms with Crippen molar-refractivity contribution in [3.8, 4) is 0 Å². The van der Waals surface area contributed by atoms with Crippen molar-refractivity contribution in [3.05, 3.63) is 76.3 Å². The molecule has 2 heterocycles. The fourth-order valence-electron chi connectivity index (χ4n) is 3.17. The van der Waals surface area contributed by atoms with Gasteiger partial charge >= 0.3 is 0 Å². The number of anilines is 1. The maximum atomic E-state index is 12.5. The van der Waals surface area contributed by atoms with Crippen LogP contribution < -0.4 is 10.6 Å². The molecule has 0 spiro atoms. The van der Waals surface area contributed by atoms with E-state index in [0.29, 0.717) is 35.8 Å². The van der Waals surface area contributed by atoms with E-state index in [1.54, 1.807) is 12.1 Å². The Morgan fingerprint density at radius 1 is 1.21 bits per heavy atom. The van der Waals surface area contributed by atoms with Crippen molar-refractivity contribution in [2.75, 3.05) is 5.32 Å². The van der Waals surface area contributed by atoms with E-state index >= 15 is 0 Å². The van der Waals surface area contributed by atoms with Crippen LogP contribution in [0, 0.1) is 0 Å². The van der Waals surface area contributed by atoms with Crippen LogP contribution in [-0.2, 0) is 17.6 Å². The Hall–Kier alpha value is -3.19. The van der Waals surface area contributed by atoms with Crippen LogP contribution in [0.15, 0.2) is 48.5 Å². The summed E-state index contributed by atoms with van der Waals surface area (Å²) in [5.74, 6) is -0.151. The van der Waals surface area contributed by atoms with E-state index in [1.807, 2.05) is 36.4 Å². The molecule has 0 fully saturated rings. The molecule has 4 rings (SSSR count). The number of aryl methyl sites for hydroxylation is 1. The van der Waals surface area contributed by atoms with Gasteiger partial charge in [-0.2, -0.15) is 0 Å². The lowest BCUT2D eigenvalue weighted by molar-refractivity contribution is -0.118. The van der Waals surface area contributed by atoms with Crippen LogP contribution in [0.3, 0.4) is 0 Å². The quantitative estimate of drug-likeness (QED) is 0.632. The molecule has 1 atom stereocenters. The highest BCUT2D eigenvalue weighted by molar-refractivity contribution is 6.30. The molecule has 0 bridgehead atoms. The molecule has 7 nitrogen and oxygen atoms in total. The van der Waals surface area contributed by atoms with Gasteiger partial charge in [0.05, 0.1) is 0 Å². The SMILES string of the molecule is O=C(NC1CCc2cc(Cl)ccc2NC1=O)c1n[nH]c(Cc2ccccc2)n1. The topological polar surface area (TPSA) is 99.8 Å². The number of carbonyl (C=O) groups excluding carboxylic acids is 2. The first-order chi connectivity index (χ1) is 13.6. The Bertz CT molecular complexity index is 1020. The molecule has 2 amide bonds. The second kappa shape index (κ2) is 7.82. The van der Waals surface area contributed by atoms with Crippen molar-refractivity contribution < 1.29 is 9.59 Å². The van der Waals surface area contributed by atoms with E-state index in [2.05, 4.69) is 25.8 Å². The van der Waals surface area contributed by atoms with Gasteiger partial charge in [-0.05, 0) is 42.2 Å². The highest BCUT2D eigenvalue weighted by Crippen LogP contribution is 2.25. The van der Waals surface area contributed by atoms with Crippen molar-refractivity contribution in [2.45, 2.75) is 25.3 Å². The van der Waals surface area contributed by atoms with Gasteiger partial charge < -0.3 is 10.6 Å². The lowest BCUT2D eigenvalue weighted by Gasteiger charge is -2.13. The Morgan fingerprint density at radius 2 is 2.04 bits per heavy atom. The summed E-state index contributed by atoms with van der Waals surface area (Å²) in [5, 5.41) is 12.9.